The number of nitrogens with zero attached hydrogens (tertiary/aromatic N) is 4. The number of nitrogens with one attached hydrogen (secondary N) is 1. The van der Waals surface area contributed by atoms with E-state index in [1.54, 1.807) is 12.4 Å². The van der Waals surface area contributed by atoms with Gasteiger partial charge in [-0.15, -0.1) is 0 Å². The van der Waals surface area contributed by atoms with Gasteiger partial charge in [0.05, 0.1) is 6.54 Å². The lowest BCUT2D eigenvalue weighted by molar-refractivity contribution is -0.126. The fourth-order valence-corrected chi connectivity index (χ4v) is 2.75. The predicted octanol–water partition coefficient (Wildman–Crippen LogP) is 0.0168. The summed E-state index contributed by atoms with van der Waals surface area (Å²) in [5.41, 5.74) is 5.89. The van der Waals surface area contributed by atoms with E-state index in [0.29, 0.717) is 0 Å². The Balaban J connectivity index is 1.70. The Bertz CT molecular complexity index is 711. The van der Waals surface area contributed by atoms with Crippen LogP contribution >= 0.6 is 0 Å². The minimum atomic E-state index is -0.801. The van der Waals surface area contributed by atoms with E-state index >= 15 is 0 Å². The fourth-order valence-electron chi connectivity index (χ4n) is 2.75. The third kappa shape index (κ3) is 3.57. The lowest BCUT2D eigenvalue weighted by atomic mass is 10.1. The van der Waals surface area contributed by atoms with Crippen LogP contribution in [0, 0.1) is 0 Å². The van der Waals surface area contributed by atoms with Crippen molar-refractivity contribution in [1.29, 1.82) is 0 Å². The molecule has 0 aliphatic carbocycles. The topological polar surface area (TPSA) is 127 Å². The molecule has 1 aliphatic rings. The Morgan fingerprint density at radius 1 is 1.38 bits per heavy atom. The first kappa shape index (κ1) is 16.1. The van der Waals surface area contributed by atoms with E-state index in [2.05, 4.69) is 25.3 Å². The van der Waals surface area contributed by atoms with Crippen LogP contribution in [0.25, 0.3) is 0 Å². The molecule has 0 aromatic carbocycles. The molecule has 1 saturated heterocycles. The SMILES string of the molecule is NC(=O)c1nc(CNC(=O)[C@@H](c2cccnc2)N2CCCC2)no1. The van der Waals surface area contributed by atoms with Crippen molar-refractivity contribution in [2.75, 3.05) is 13.1 Å². The highest BCUT2D eigenvalue weighted by Crippen LogP contribution is 2.24. The molecule has 0 unspecified atom stereocenters. The van der Waals surface area contributed by atoms with E-state index in [-0.39, 0.29) is 24.2 Å². The number of nitrogens with two attached hydrogens (primary N) is 1. The number of primary amides is 1. The molecule has 126 valence electrons. The molecule has 0 spiro atoms. The lowest BCUT2D eigenvalue weighted by Crippen LogP contribution is -2.39. The van der Waals surface area contributed by atoms with E-state index in [1.165, 1.54) is 0 Å². The Morgan fingerprint density at radius 2 is 2.17 bits per heavy atom. The summed E-state index contributed by atoms with van der Waals surface area (Å²) in [7, 11) is 0. The monoisotopic (exact) mass is 330 g/mol. The third-order valence-electron chi connectivity index (χ3n) is 3.85. The molecule has 1 fully saturated rings. The number of aromatic nitrogens is 3. The first-order valence-corrected chi connectivity index (χ1v) is 7.69. The van der Waals surface area contributed by atoms with E-state index < -0.39 is 11.9 Å². The van der Waals surface area contributed by atoms with Gasteiger partial charge in [0, 0.05) is 12.4 Å². The fraction of sp³-hybridized carbons (Fsp3) is 0.400. The van der Waals surface area contributed by atoms with Crippen molar-refractivity contribution in [3.8, 4) is 0 Å². The van der Waals surface area contributed by atoms with Crippen LogP contribution in [0.5, 0.6) is 0 Å². The van der Waals surface area contributed by atoms with Gasteiger partial charge in [-0.1, -0.05) is 11.2 Å². The molecule has 9 heteroatoms. The van der Waals surface area contributed by atoms with Gasteiger partial charge >= 0.3 is 11.8 Å². The molecule has 3 rings (SSSR count). The Labute approximate surface area is 138 Å². The number of carbonyl (C=O) groups is 2. The molecule has 0 bridgehead atoms. The van der Waals surface area contributed by atoms with E-state index in [1.807, 2.05) is 12.1 Å². The summed E-state index contributed by atoms with van der Waals surface area (Å²) in [6.07, 6.45) is 5.50. The maximum absolute atomic E-state index is 12.7. The second-order valence-electron chi connectivity index (χ2n) is 5.53. The maximum atomic E-state index is 12.7. The van der Waals surface area contributed by atoms with Crippen molar-refractivity contribution in [3.05, 3.63) is 41.8 Å². The van der Waals surface area contributed by atoms with Crippen LogP contribution in [-0.4, -0.2) is 44.9 Å². The van der Waals surface area contributed by atoms with Gasteiger partial charge in [0.1, 0.15) is 6.04 Å². The summed E-state index contributed by atoms with van der Waals surface area (Å²) in [6, 6.07) is 3.28. The highest BCUT2D eigenvalue weighted by molar-refractivity contribution is 5.87. The molecular formula is C15H18N6O3. The normalized spacial score (nSPS) is 16.0. The van der Waals surface area contributed by atoms with Crippen LogP contribution in [0.2, 0.25) is 0 Å². The second-order valence-corrected chi connectivity index (χ2v) is 5.53. The van der Waals surface area contributed by atoms with Crippen LogP contribution < -0.4 is 11.1 Å². The number of carbonyl (C=O) groups excluding carboxylic acids is 2. The van der Waals surface area contributed by atoms with Crippen LogP contribution in [0.1, 0.15) is 41.0 Å². The Kier molecular flexibility index (Phi) is 4.80. The molecule has 3 heterocycles. The van der Waals surface area contributed by atoms with Gasteiger partial charge in [-0.05, 0) is 37.6 Å². The van der Waals surface area contributed by atoms with Gasteiger partial charge in [0.15, 0.2) is 5.82 Å². The molecule has 2 aromatic rings. The maximum Gasteiger partial charge on any atom is 0.315 e. The standard InChI is InChI=1S/C15H18N6O3/c16-13(22)15-19-11(20-24-15)9-18-14(23)12(21-6-1-2-7-21)10-4-3-5-17-8-10/h3-5,8,12H,1-2,6-7,9H2,(H2,16,22)(H,18,23)/t12-/m1/s1. The summed E-state index contributed by atoms with van der Waals surface area (Å²) >= 11 is 0. The zero-order valence-electron chi connectivity index (χ0n) is 13.0. The number of amides is 2. The van der Waals surface area contributed by atoms with Gasteiger partial charge in [0.25, 0.3) is 0 Å². The van der Waals surface area contributed by atoms with Crippen LogP contribution in [-0.2, 0) is 11.3 Å². The molecule has 1 aliphatic heterocycles. The quantitative estimate of drug-likeness (QED) is 0.764. The number of likely N-dealkylation sites (tertiary alicyclic amines) is 1. The zero-order valence-corrected chi connectivity index (χ0v) is 13.0. The summed E-state index contributed by atoms with van der Waals surface area (Å²) in [4.78, 5) is 33.7. The summed E-state index contributed by atoms with van der Waals surface area (Å²) in [6.45, 7) is 1.78. The average molecular weight is 330 g/mol. The molecule has 1 atom stereocenters. The minimum absolute atomic E-state index is 0.0558. The van der Waals surface area contributed by atoms with Crippen LogP contribution in [0.4, 0.5) is 0 Å². The molecular weight excluding hydrogens is 312 g/mol. The average Bonchev–Trinajstić information content (AvgIpc) is 3.26. The molecule has 2 amide bonds. The number of hydrogen-bond acceptors (Lipinski definition) is 7. The number of pyridine rings is 1. The lowest BCUT2D eigenvalue weighted by Gasteiger charge is -2.26. The molecule has 0 saturated carbocycles. The van der Waals surface area contributed by atoms with Gasteiger partial charge in [-0.2, -0.15) is 4.98 Å². The van der Waals surface area contributed by atoms with Crippen molar-refractivity contribution >= 4 is 11.8 Å². The second kappa shape index (κ2) is 7.18. The Hall–Kier alpha value is -2.81. The Morgan fingerprint density at radius 3 is 2.79 bits per heavy atom. The smallest absolute Gasteiger partial charge is 0.315 e. The molecule has 24 heavy (non-hydrogen) atoms. The number of hydrogen-bond donors (Lipinski definition) is 2. The van der Waals surface area contributed by atoms with E-state index in [9.17, 15) is 9.59 Å². The molecule has 2 aromatic heterocycles. The largest absolute Gasteiger partial charge is 0.361 e. The molecule has 3 N–H and O–H groups in total. The van der Waals surface area contributed by atoms with Crippen LogP contribution in [0.3, 0.4) is 0 Å². The first-order chi connectivity index (χ1) is 11.6. The summed E-state index contributed by atoms with van der Waals surface area (Å²) in [5, 5.41) is 6.39. The van der Waals surface area contributed by atoms with Crippen molar-refractivity contribution in [3.63, 3.8) is 0 Å². The van der Waals surface area contributed by atoms with Gasteiger partial charge in [-0.25, -0.2) is 0 Å². The van der Waals surface area contributed by atoms with Gasteiger partial charge < -0.3 is 15.6 Å². The van der Waals surface area contributed by atoms with Crippen molar-refractivity contribution in [2.45, 2.75) is 25.4 Å². The van der Waals surface area contributed by atoms with Crippen molar-refractivity contribution in [2.24, 2.45) is 5.73 Å². The highest BCUT2D eigenvalue weighted by atomic mass is 16.5. The molecule has 9 nitrogen and oxygen atoms in total. The first-order valence-electron chi connectivity index (χ1n) is 7.69. The highest BCUT2D eigenvalue weighted by Gasteiger charge is 2.30. The van der Waals surface area contributed by atoms with E-state index in [0.717, 1.165) is 31.5 Å². The third-order valence-corrected chi connectivity index (χ3v) is 3.85. The minimum Gasteiger partial charge on any atom is -0.361 e. The van der Waals surface area contributed by atoms with E-state index in [4.69, 9.17) is 10.3 Å². The molecule has 0 radical (unpaired) electrons. The summed E-state index contributed by atoms with van der Waals surface area (Å²) < 4.78 is 4.70. The number of rotatable bonds is 6. The van der Waals surface area contributed by atoms with Crippen molar-refractivity contribution < 1.29 is 14.1 Å². The predicted molar refractivity (Wildman–Crippen MR) is 82.4 cm³/mol. The van der Waals surface area contributed by atoms with Gasteiger partial charge in [-0.3, -0.25) is 19.5 Å². The van der Waals surface area contributed by atoms with Crippen LogP contribution in [0.15, 0.2) is 29.0 Å². The van der Waals surface area contributed by atoms with Gasteiger partial charge in [0.2, 0.25) is 5.91 Å². The van der Waals surface area contributed by atoms with Crippen molar-refractivity contribution in [1.82, 2.24) is 25.3 Å². The summed E-state index contributed by atoms with van der Waals surface area (Å²) in [5.74, 6) is -1.05. The zero-order chi connectivity index (χ0) is 16.9.